The van der Waals surface area contributed by atoms with Crippen molar-refractivity contribution in [2.75, 3.05) is 6.54 Å². The predicted molar refractivity (Wildman–Crippen MR) is 101 cm³/mol. The van der Waals surface area contributed by atoms with Gasteiger partial charge in [0.2, 0.25) is 0 Å². The van der Waals surface area contributed by atoms with E-state index in [0.717, 1.165) is 28.8 Å². The maximum absolute atomic E-state index is 11.9. The molecule has 0 unspecified atom stereocenters. The first-order chi connectivity index (χ1) is 12.2. The molecule has 0 aliphatic heterocycles. The fraction of sp³-hybridized carbons (Fsp3) is 0.300. The number of rotatable bonds is 6. The molecule has 0 radical (unpaired) electrons. The zero-order valence-corrected chi connectivity index (χ0v) is 14.7. The number of nitrogens with zero attached hydrogens (tertiary/aromatic N) is 2. The summed E-state index contributed by atoms with van der Waals surface area (Å²) in [5.41, 5.74) is 3.11. The first-order valence-electron chi connectivity index (χ1n) is 8.74. The van der Waals surface area contributed by atoms with Crippen molar-refractivity contribution < 1.29 is 4.79 Å². The van der Waals surface area contributed by atoms with E-state index in [2.05, 4.69) is 40.3 Å². The summed E-state index contributed by atoms with van der Waals surface area (Å²) in [6.45, 7) is 5.26. The van der Waals surface area contributed by atoms with E-state index in [0.29, 0.717) is 13.1 Å². The monoisotopic (exact) mass is 336 g/mol. The Morgan fingerprint density at radius 3 is 2.60 bits per heavy atom. The highest BCUT2D eigenvalue weighted by molar-refractivity contribution is 5.80. The van der Waals surface area contributed by atoms with Gasteiger partial charge in [-0.25, -0.2) is 9.78 Å². The van der Waals surface area contributed by atoms with E-state index >= 15 is 0 Å². The lowest BCUT2D eigenvalue weighted by atomic mass is 10.2. The van der Waals surface area contributed by atoms with Gasteiger partial charge in [0.1, 0.15) is 5.82 Å². The lowest BCUT2D eigenvalue weighted by Crippen LogP contribution is -2.41. The van der Waals surface area contributed by atoms with Gasteiger partial charge in [0.25, 0.3) is 0 Å². The molecular formula is C20H24N4O. The first-order valence-corrected chi connectivity index (χ1v) is 8.74. The van der Waals surface area contributed by atoms with Crippen molar-refractivity contribution in [3.8, 4) is 11.4 Å². The first kappa shape index (κ1) is 17.0. The number of urea groups is 1. The molecular weight excluding hydrogens is 312 g/mol. The number of amides is 2. The zero-order valence-electron chi connectivity index (χ0n) is 14.7. The summed E-state index contributed by atoms with van der Waals surface area (Å²) in [7, 11) is 0. The van der Waals surface area contributed by atoms with Crippen LogP contribution in [0.3, 0.4) is 0 Å². The third-order valence-corrected chi connectivity index (χ3v) is 4.30. The number of hydrogen-bond acceptors (Lipinski definition) is 2. The van der Waals surface area contributed by atoms with E-state index in [1.54, 1.807) is 0 Å². The number of imidazole rings is 1. The van der Waals surface area contributed by atoms with Crippen LogP contribution in [0, 0.1) is 0 Å². The fourth-order valence-electron chi connectivity index (χ4n) is 2.77. The number of benzene rings is 2. The van der Waals surface area contributed by atoms with Crippen LogP contribution in [0.25, 0.3) is 22.4 Å². The Balaban J connectivity index is 1.79. The summed E-state index contributed by atoms with van der Waals surface area (Å²) in [4.78, 5) is 16.7. The van der Waals surface area contributed by atoms with Gasteiger partial charge in [-0.15, -0.1) is 0 Å². The van der Waals surface area contributed by atoms with Crippen molar-refractivity contribution in [3.05, 3.63) is 54.6 Å². The van der Waals surface area contributed by atoms with E-state index in [9.17, 15) is 4.79 Å². The molecule has 3 rings (SSSR count). The fourth-order valence-corrected chi connectivity index (χ4v) is 2.77. The van der Waals surface area contributed by atoms with Crippen LogP contribution in [0.5, 0.6) is 0 Å². The molecule has 2 N–H and O–H groups in total. The molecule has 0 saturated heterocycles. The molecule has 1 heterocycles. The Kier molecular flexibility index (Phi) is 5.33. The molecule has 25 heavy (non-hydrogen) atoms. The molecule has 130 valence electrons. The van der Waals surface area contributed by atoms with Crippen LogP contribution in [-0.4, -0.2) is 28.2 Å². The zero-order chi connectivity index (χ0) is 17.6. The number of hydrogen-bond donors (Lipinski definition) is 2. The Bertz CT molecular complexity index is 841. The summed E-state index contributed by atoms with van der Waals surface area (Å²) >= 11 is 0. The van der Waals surface area contributed by atoms with E-state index in [-0.39, 0.29) is 12.1 Å². The summed E-state index contributed by atoms with van der Waals surface area (Å²) in [5.74, 6) is 0.922. The minimum absolute atomic E-state index is 0.125. The summed E-state index contributed by atoms with van der Waals surface area (Å²) < 4.78 is 2.16. The van der Waals surface area contributed by atoms with Gasteiger partial charge in [0.15, 0.2) is 0 Å². The largest absolute Gasteiger partial charge is 0.336 e. The van der Waals surface area contributed by atoms with Crippen molar-refractivity contribution in [1.29, 1.82) is 0 Å². The topological polar surface area (TPSA) is 59.0 Å². The number of nitrogens with one attached hydrogen (secondary N) is 2. The van der Waals surface area contributed by atoms with E-state index in [1.165, 1.54) is 0 Å². The van der Waals surface area contributed by atoms with Gasteiger partial charge in [0, 0.05) is 24.7 Å². The van der Waals surface area contributed by atoms with Gasteiger partial charge in [-0.05, 0) is 25.5 Å². The Morgan fingerprint density at radius 1 is 1.12 bits per heavy atom. The highest BCUT2D eigenvalue weighted by atomic mass is 16.2. The lowest BCUT2D eigenvalue weighted by Gasteiger charge is -2.14. The molecule has 2 amide bonds. The minimum atomic E-state index is -0.125. The van der Waals surface area contributed by atoms with Gasteiger partial charge >= 0.3 is 6.03 Å². The second kappa shape index (κ2) is 7.83. The minimum Gasteiger partial charge on any atom is -0.336 e. The smallest absolute Gasteiger partial charge is 0.315 e. The lowest BCUT2D eigenvalue weighted by molar-refractivity contribution is 0.237. The van der Waals surface area contributed by atoms with Crippen LogP contribution >= 0.6 is 0 Å². The average molecular weight is 336 g/mol. The highest BCUT2D eigenvalue weighted by Crippen LogP contribution is 2.24. The van der Waals surface area contributed by atoms with Crippen molar-refractivity contribution in [2.45, 2.75) is 32.9 Å². The molecule has 1 aromatic heterocycles. The van der Waals surface area contributed by atoms with Gasteiger partial charge < -0.3 is 15.2 Å². The Hall–Kier alpha value is -2.82. The maximum atomic E-state index is 11.9. The third-order valence-electron chi connectivity index (χ3n) is 4.30. The van der Waals surface area contributed by atoms with E-state index in [4.69, 9.17) is 4.98 Å². The third kappa shape index (κ3) is 3.99. The van der Waals surface area contributed by atoms with Crippen LogP contribution in [0.2, 0.25) is 0 Å². The van der Waals surface area contributed by atoms with Crippen molar-refractivity contribution in [1.82, 2.24) is 20.2 Å². The molecule has 2 aromatic carbocycles. The van der Waals surface area contributed by atoms with E-state index < -0.39 is 0 Å². The number of carbonyl (C=O) groups excluding carboxylic acids is 1. The predicted octanol–water partition coefficient (Wildman–Crippen LogP) is 3.80. The highest BCUT2D eigenvalue weighted by Gasteiger charge is 2.12. The number of para-hydroxylation sites is 2. The van der Waals surface area contributed by atoms with Gasteiger partial charge in [-0.2, -0.15) is 0 Å². The number of aromatic nitrogens is 2. The molecule has 0 spiro atoms. The summed E-state index contributed by atoms with van der Waals surface area (Å²) in [6, 6.07) is 18.3. The van der Waals surface area contributed by atoms with Crippen LogP contribution in [0.1, 0.15) is 20.3 Å². The molecule has 0 saturated carbocycles. The van der Waals surface area contributed by atoms with Gasteiger partial charge in [-0.3, -0.25) is 0 Å². The van der Waals surface area contributed by atoms with Crippen molar-refractivity contribution in [3.63, 3.8) is 0 Å². The molecule has 0 aliphatic rings. The SMILES string of the molecule is CC[C@@H](C)NC(=O)NCCn1c(-c2ccccc2)nc2ccccc21. The van der Waals surface area contributed by atoms with Crippen LogP contribution in [0.4, 0.5) is 4.79 Å². The normalized spacial score (nSPS) is 12.1. The second-order valence-corrected chi connectivity index (χ2v) is 6.15. The number of carbonyl (C=O) groups is 1. The standard InChI is InChI=1S/C20H24N4O/c1-3-15(2)22-20(25)21-13-14-24-18-12-8-7-11-17(18)23-19(24)16-9-5-4-6-10-16/h4-12,15H,3,13-14H2,1-2H3,(H2,21,22,25)/t15-/m1/s1. The quantitative estimate of drug-likeness (QED) is 0.719. The molecule has 3 aromatic rings. The molecule has 5 nitrogen and oxygen atoms in total. The van der Waals surface area contributed by atoms with Crippen molar-refractivity contribution in [2.24, 2.45) is 0 Å². The summed E-state index contributed by atoms with van der Waals surface area (Å²) in [5, 5.41) is 5.85. The van der Waals surface area contributed by atoms with E-state index in [1.807, 2.05) is 43.3 Å². The second-order valence-electron chi connectivity index (χ2n) is 6.15. The van der Waals surface area contributed by atoms with Crippen molar-refractivity contribution >= 4 is 17.1 Å². The molecule has 0 bridgehead atoms. The Labute approximate surface area is 148 Å². The van der Waals surface area contributed by atoms with Gasteiger partial charge in [0.05, 0.1) is 11.0 Å². The molecule has 1 atom stereocenters. The van der Waals surface area contributed by atoms with Crippen LogP contribution in [0.15, 0.2) is 54.6 Å². The maximum Gasteiger partial charge on any atom is 0.315 e. The molecule has 5 heteroatoms. The molecule has 0 aliphatic carbocycles. The van der Waals surface area contributed by atoms with Gasteiger partial charge in [-0.1, -0.05) is 49.4 Å². The average Bonchev–Trinajstić information content (AvgIpc) is 3.01. The van der Waals surface area contributed by atoms with Crippen LogP contribution < -0.4 is 10.6 Å². The Morgan fingerprint density at radius 2 is 1.84 bits per heavy atom. The molecule has 0 fully saturated rings. The number of fused-ring (bicyclic) bond motifs is 1. The van der Waals surface area contributed by atoms with Crippen LogP contribution in [-0.2, 0) is 6.54 Å². The summed E-state index contributed by atoms with van der Waals surface area (Å²) in [6.07, 6.45) is 0.914.